The molecule has 0 radical (unpaired) electrons. The number of sulfone groups is 1. The number of rotatable bonds is 4. The smallest absolute Gasteiger partial charge is 0.266 e. The van der Waals surface area contributed by atoms with E-state index in [1.807, 2.05) is 31.2 Å². The molecule has 0 fully saturated rings. The third kappa shape index (κ3) is 3.05. The molecule has 0 aliphatic rings. The molecule has 0 bridgehead atoms. The van der Waals surface area contributed by atoms with E-state index in [0.717, 1.165) is 16.5 Å². The summed E-state index contributed by atoms with van der Waals surface area (Å²) in [6.45, 7) is 1.89. The van der Waals surface area contributed by atoms with Crippen LogP contribution in [0.1, 0.15) is 16.1 Å². The molecule has 3 aromatic rings. The minimum absolute atomic E-state index is 0.228. The lowest BCUT2D eigenvalue weighted by atomic mass is 10.2. The van der Waals surface area contributed by atoms with E-state index in [9.17, 15) is 13.2 Å². The molecule has 5 nitrogen and oxygen atoms in total. The first-order valence-corrected chi connectivity index (χ1v) is 9.83. The first kappa shape index (κ1) is 16.6. The molecule has 7 heteroatoms. The lowest BCUT2D eigenvalue weighted by molar-refractivity contribution is 0.0995. The minimum atomic E-state index is -3.39. The Morgan fingerprint density at radius 1 is 1.12 bits per heavy atom. The van der Waals surface area contributed by atoms with Gasteiger partial charge >= 0.3 is 0 Å². The number of amides is 1. The summed E-state index contributed by atoms with van der Waals surface area (Å²) in [6, 6.07) is 14.3. The third-order valence-corrected chi connectivity index (χ3v) is 6.00. The number of nitrogens with zero attached hydrogens (tertiary/aromatic N) is 1. The molecular weight excluding hydrogens is 344 g/mol. The Morgan fingerprint density at radius 2 is 1.83 bits per heavy atom. The van der Waals surface area contributed by atoms with Crippen molar-refractivity contribution < 1.29 is 13.2 Å². The van der Waals surface area contributed by atoms with E-state index in [4.69, 9.17) is 5.73 Å². The number of aryl methyl sites for hydroxylation is 1. The average Bonchev–Trinajstić information content (AvgIpc) is 2.85. The van der Waals surface area contributed by atoms with Gasteiger partial charge in [0.05, 0.1) is 10.4 Å². The molecule has 2 aromatic carbocycles. The lowest BCUT2D eigenvalue weighted by Crippen LogP contribution is -2.14. The summed E-state index contributed by atoms with van der Waals surface area (Å²) < 4.78 is 25.8. The maximum atomic E-state index is 12.1. The number of hydrogen-bond donors (Lipinski definition) is 1. The van der Waals surface area contributed by atoms with Crippen molar-refractivity contribution >= 4 is 38.6 Å². The second-order valence-corrected chi connectivity index (χ2v) is 8.53. The summed E-state index contributed by atoms with van der Waals surface area (Å²) in [5, 5.41) is 0.868. The van der Waals surface area contributed by atoms with E-state index in [1.165, 1.54) is 18.2 Å². The number of hydrogen-bond acceptors (Lipinski definition) is 4. The first-order valence-electron chi connectivity index (χ1n) is 7.17. The van der Waals surface area contributed by atoms with Gasteiger partial charge in [0.15, 0.2) is 9.84 Å². The van der Waals surface area contributed by atoms with E-state index in [-0.39, 0.29) is 4.90 Å². The Labute approximate surface area is 144 Å². The summed E-state index contributed by atoms with van der Waals surface area (Å²) in [5.74, 6) is -0.563. The third-order valence-electron chi connectivity index (χ3n) is 3.61. The fourth-order valence-electron chi connectivity index (χ4n) is 2.49. The van der Waals surface area contributed by atoms with Crippen molar-refractivity contribution in [3.05, 3.63) is 59.8 Å². The number of nitrogens with two attached hydrogens (primary N) is 1. The molecule has 0 aliphatic carbocycles. The molecule has 0 saturated heterocycles. The molecule has 0 spiro atoms. The van der Waals surface area contributed by atoms with E-state index < -0.39 is 15.7 Å². The van der Waals surface area contributed by atoms with Gasteiger partial charge in [0.2, 0.25) is 0 Å². The van der Waals surface area contributed by atoms with Crippen LogP contribution in [0.5, 0.6) is 0 Å². The number of aromatic nitrogens is 1. The Morgan fingerprint density at radius 3 is 2.50 bits per heavy atom. The van der Waals surface area contributed by atoms with Gasteiger partial charge in [0.1, 0.15) is 5.69 Å². The highest BCUT2D eigenvalue weighted by Crippen LogP contribution is 2.33. The molecule has 0 aliphatic heterocycles. The molecule has 0 unspecified atom stereocenters. The van der Waals surface area contributed by atoms with Crippen LogP contribution in [-0.4, -0.2) is 24.6 Å². The number of carbonyl (C=O) groups is 1. The number of fused-ring (bicyclic) bond motifs is 1. The quantitative estimate of drug-likeness (QED) is 0.775. The van der Waals surface area contributed by atoms with E-state index in [0.29, 0.717) is 10.6 Å². The van der Waals surface area contributed by atoms with Gasteiger partial charge in [-0.2, -0.15) is 0 Å². The van der Waals surface area contributed by atoms with Crippen LogP contribution in [0.4, 0.5) is 0 Å². The van der Waals surface area contributed by atoms with Crippen molar-refractivity contribution in [2.45, 2.75) is 16.7 Å². The zero-order valence-electron chi connectivity index (χ0n) is 13.2. The van der Waals surface area contributed by atoms with E-state index in [1.54, 1.807) is 28.2 Å². The Bertz CT molecular complexity index is 1050. The summed E-state index contributed by atoms with van der Waals surface area (Å²) in [6.07, 6.45) is 1.17. The van der Waals surface area contributed by atoms with Crippen LogP contribution < -0.4 is 5.73 Å². The van der Waals surface area contributed by atoms with Crippen LogP contribution in [0.25, 0.3) is 10.9 Å². The minimum Gasteiger partial charge on any atom is -0.364 e. The van der Waals surface area contributed by atoms with Crippen molar-refractivity contribution in [3.63, 3.8) is 0 Å². The molecule has 3 rings (SSSR count). The molecule has 0 saturated carbocycles. The predicted octanol–water partition coefficient (Wildman–Crippen LogP) is 3.01. The SMILES string of the molecule is Cc1ccc(S(C)(=O)=O)c(Sn2c(C(N)=O)cc3ccccc32)c1. The van der Waals surface area contributed by atoms with Crippen molar-refractivity contribution in [1.29, 1.82) is 0 Å². The van der Waals surface area contributed by atoms with Gasteiger partial charge in [-0.1, -0.05) is 24.3 Å². The van der Waals surface area contributed by atoms with Crippen LogP contribution in [0.2, 0.25) is 0 Å². The highest BCUT2D eigenvalue weighted by Gasteiger charge is 2.19. The fraction of sp³-hybridized carbons (Fsp3) is 0.118. The van der Waals surface area contributed by atoms with E-state index in [2.05, 4.69) is 0 Å². The fourth-order valence-corrected chi connectivity index (χ4v) is 4.90. The van der Waals surface area contributed by atoms with Gasteiger partial charge in [0.25, 0.3) is 5.91 Å². The summed E-state index contributed by atoms with van der Waals surface area (Å²) in [5.41, 5.74) is 7.55. The van der Waals surface area contributed by atoms with Crippen molar-refractivity contribution in [1.82, 2.24) is 3.97 Å². The Hall–Kier alpha value is -2.25. The maximum absolute atomic E-state index is 12.1. The van der Waals surface area contributed by atoms with Crippen molar-refractivity contribution in [3.8, 4) is 0 Å². The van der Waals surface area contributed by atoms with Crippen LogP contribution >= 0.6 is 11.9 Å². The number of carbonyl (C=O) groups excluding carboxylic acids is 1. The average molecular weight is 360 g/mol. The molecule has 1 heterocycles. The van der Waals surface area contributed by atoms with Gasteiger partial charge in [-0.25, -0.2) is 8.42 Å². The van der Waals surface area contributed by atoms with Gasteiger partial charge in [0, 0.05) is 16.5 Å². The topological polar surface area (TPSA) is 82.2 Å². The lowest BCUT2D eigenvalue weighted by Gasteiger charge is -2.12. The van der Waals surface area contributed by atoms with Crippen LogP contribution in [0, 0.1) is 6.92 Å². The zero-order valence-corrected chi connectivity index (χ0v) is 14.8. The molecule has 2 N–H and O–H groups in total. The number of para-hydroxylation sites is 1. The maximum Gasteiger partial charge on any atom is 0.266 e. The first-order chi connectivity index (χ1) is 11.3. The van der Waals surface area contributed by atoms with Crippen molar-refractivity contribution in [2.75, 3.05) is 6.26 Å². The largest absolute Gasteiger partial charge is 0.364 e. The normalized spacial score (nSPS) is 11.8. The second-order valence-electron chi connectivity index (χ2n) is 5.56. The van der Waals surface area contributed by atoms with E-state index >= 15 is 0 Å². The number of benzene rings is 2. The second kappa shape index (κ2) is 5.99. The summed E-state index contributed by atoms with van der Waals surface area (Å²) >= 11 is 1.18. The zero-order chi connectivity index (χ0) is 17.5. The van der Waals surface area contributed by atoms with Gasteiger partial charge in [-0.3, -0.25) is 8.77 Å². The van der Waals surface area contributed by atoms with Gasteiger partial charge in [-0.05, 0) is 48.7 Å². The molecule has 1 aromatic heterocycles. The van der Waals surface area contributed by atoms with Gasteiger partial charge < -0.3 is 5.73 Å². The van der Waals surface area contributed by atoms with Crippen molar-refractivity contribution in [2.24, 2.45) is 5.73 Å². The highest BCUT2D eigenvalue weighted by atomic mass is 32.2. The van der Waals surface area contributed by atoms with Gasteiger partial charge in [-0.15, -0.1) is 0 Å². The monoisotopic (exact) mass is 360 g/mol. The van der Waals surface area contributed by atoms with Crippen LogP contribution in [0.3, 0.4) is 0 Å². The van der Waals surface area contributed by atoms with Crippen LogP contribution in [0.15, 0.2) is 58.3 Å². The Kier molecular flexibility index (Phi) is 4.15. The Balaban J connectivity index is 2.23. The molecule has 124 valence electrons. The molecule has 0 atom stereocenters. The summed E-state index contributed by atoms with van der Waals surface area (Å²) in [7, 11) is -3.39. The summed E-state index contributed by atoms with van der Waals surface area (Å²) in [4.78, 5) is 12.6. The highest BCUT2D eigenvalue weighted by molar-refractivity contribution is 7.99. The van der Waals surface area contributed by atoms with Crippen LogP contribution in [-0.2, 0) is 9.84 Å². The molecule has 1 amide bonds. The number of primary amides is 1. The standard InChI is InChI=1S/C17H16N2O3S2/c1-11-7-8-16(24(2,21)22)15(9-11)23-19-13-6-4-3-5-12(13)10-14(19)17(18)20/h3-10H,1-2H3,(H2,18,20). The molecular formula is C17H16N2O3S2. The predicted molar refractivity (Wildman–Crippen MR) is 96.0 cm³/mol. The molecule has 24 heavy (non-hydrogen) atoms.